The molecular weight excluding hydrogens is 341 g/mol. The molecule has 2 aromatic heterocycles. The molecule has 0 amide bonds. The molecular formula is C13H13Cl2N7O. The van der Waals surface area contributed by atoms with Crippen molar-refractivity contribution in [3.8, 4) is 5.75 Å². The maximum atomic E-state index is 6.03. The number of aromatic amines is 1. The minimum atomic E-state index is 0.410. The Kier molecular flexibility index (Phi) is 5.04. The van der Waals surface area contributed by atoms with Crippen LogP contribution in [-0.4, -0.2) is 42.2 Å². The van der Waals surface area contributed by atoms with Crippen molar-refractivity contribution in [3.05, 3.63) is 46.0 Å². The Labute approximate surface area is 141 Å². The van der Waals surface area contributed by atoms with Gasteiger partial charge in [-0.25, -0.2) is 4.68 Å². The van der Waals surface area contributed by atoms with Gasteiger partial charge >= 0.3 is 0 Å². The van der Waals surface area contributed by atoms with Gasteiger partial charge in [-0.05, 0) is 12.1 Å². The molecule has 120 valence electrons. The molecule has 0 saturated carbocycles. The van der Waals surface area contributed by atoms with Crippen molar-refractivity contribution < 1.29 is 4.74 Å². The molecule has 2 heterocycles. The van der Waals surface area contributed by atoms with Crippen LogP contribution in [0.3, 0.4) is 0 Å². The van der Waals surface area contributed by atoms with Crippen LogP contribution in [0.4, 0.5) is 0 Å². The summed E-state index contributed by atoms with van der Waals surface area (Å²) >= 11 is 11.9. The van der Waals surface area contributed by atoms with Crippen LogP contribution in [0.2, 0.25) is 10.0 Å². The predicted molar refractivity (Wildman–Crippen MR) is 83.6 cm³/mol. The van der Waals surface area contributed by atoms with E-state index >= 15 is 0 Å². The van der Waals surface area contributed by atoms with Gasteiger partial charge in [0.25, 0.3) is 0 Å². The Bertz CT molecular complexity index is 760. The molecule has 0 fully saturated rings. The second-order valence-electron chi connectivity index (χ2n) is 4.72. The summed E-state index contributed by atoms with van der Waals surface area (Å²) in [5.41, 5.74) is 0.857. The number of H-pyrrole nitrogens is 1. The van der Waals surface area contributed by atoms with Crippen LogP contribution in [0.1, 0.15) is 11.5 Å². The first-order chi connectivity index (χ1) is 11.2. The zero-order valence-corrected chi connectivity index (χ0v) is 13.5. The molecule has 0 unspecified atom stereocenters. The topological polar surface area (TPSA) is 94.4 Å². The van der Waals surface area contributed by atoms with E-state index in [0.717, 1.165) is 5.69 Å². The lowest BCUT2D eigenvalue weighted by Crippen LogP contribution is -2.09. The fraction of sp³-hybridized carbons (Fsp3) is 0.308. The molecule has 0 aliphatic heterocycles. The van der Waals surface area contributed by atoms with Gasteiger partial charge in [-0.15, -0.1) is 15.3 Å². The van der Waals surface area contributed by atoms with Crippen molar-refractivity contribution in [1.82, 2.24) is 35.6 Å². The SMILES string of the molecule is Clc1ccc(Cl)c(OCCn2cc(CCc3nn[nH]n3)nn2)c1. The van der Waals surface area contributed by atoms with Gasteiger partial charge in [0, 0.05) is 30.1 Å². The molecule has 0 atom stereocenters. The Balaban J connectivity index is 1.48. The molecule has 23 heavy (non-hydrogen) atoms. The number of aromatic nitrogens is 7. The van der Waals surface area contributed by atoms with Gasteiger partial charge < -0.3 is 4.74 Å². The highest BCUT2D eigenvalue weighted by molar-refractivity contribution is 6.34. The maximum Gasteiger partial charge on any atom is 0.174 e. The molecule has 0 saturated heterocycles. The predicted octanol–water partition coefficient (Wildman–Crippen LogP) is 1.96. The summed E-state index contributed by atoms with van der Waals surface area (Å²) in [5.74, 6) is 1.20. The van der Waals surface area contributed by atoms with Gasteiger partial charge in [0.05, 0.1) is 17.3 Å². The van der Waals surface area contributed by atoms with Gasteiger partial charge in [0.2, 0.25) is 0 Å². The lowest BCUT2D eigenvalue weighted by molar-refractivity contribution is 0.290. The van der Waals surface area contributed by atoms with Crippen molar-refractivity contribution in [2.75, 3.05) is 6.61 Å². The average Bonchev–Trinajstić information content (AvgIpc) is 3.20. The van der Waals surface area contributed by atoms with E-state index in [1.807, 2.05) is 6.20 Å². The van der Waals surface area contributed by atoms with Crippen LogP contribution in [0.5, 0.6) is 5.75 Å². The van der Waals surface area contributed by atoms with Crippen molar-refractivity contribution in [2.24, 2.45) is 0 Å². The fourth-order valence-electron chi connectivity index (χ4n) is 1.93. The number of benzene rings is 1. The Morgan fingerprint density at radius 2 is 2.09 bits per heavy atom. The summed E-state index contributed by atoms with van der Waals surface area (Å²) in [6, 6.07) is 5.09. The van der Waals surface area contributed by atoms with Gasteiger partial charge in [-0.2, -0.15) is 5.21 Å². The largest absolute Gasteiger partial charge is 0.490 e. The number of nitrogens with one attached hydrogen (secondary N) is 1. The molecule has 1 N–H and O–H groups in total. The normalized spacial score (nSPS) is 10.9. The van der Waals surface area contributed by atoms with Crippen LogP contribution in [-0.2, 0) is 19.4 Å². The van der Waals surface area contributed by atoms with E-state index in [1.54, 1.807) is 22.9 Å². The van der Waals surface area contributed by atoms with Crippen molar-refractivity contribution in [3.63, 3.8) is 0 Å². The minimum absolute atomic E-state index is 0.410. The van der Waals surface area contributed by atoms with Gasteiger partial charge in [0.1, 0.15) is 12.4 Å². The molecule has 1 aromatic carbocycles. The summed E-state index contributed by atoms with van der Waals surface area (Å²) < 4.78 is 7.32. The van der Waals surface area contributed by atoms with E-state index in [9.17, 15) is 0 Å². The maximum absolute atomic E-state index is 6.03. The van der Waals surface area contributed by atoms with E-state index in [1.165, 1.54) is 0 Å². The monoisotopic (exact) mass is 353 g/mol. The smallest absolute Gasteiger partial charge is 0.174 e. The summed E-state index contributed by atoms with van der Waals surface area (Å²) in [4.78, 5) is 0. The number of ether oxygens (including phenoxy) is 1. The minimum Gasteiger partial charge on any atom is -0.490 e. The van der Waals surface area contributed by atoms with E-state index in [0.29, 0.717) is 47.6 Å². The van der Waals surface area contributed by atoms with E-state index in [4.69, 9.17) is 27.9 Å². The van der Waals surface area contributed by atoms with Crippen LogP contribution in [0.15, 0.2) is 24.4 Å². The molecule has 8 nitrogen and oxygen atoms in total. The second-order valence-corrected chi connectivity index (χ2v) is 5.57. The zero-order chi connectivity index (χ0) is 16.1. The van der Waals surface area contributed by atoms with Crippen LogP contribution >= 0.6 is 23.2 Å². The van der Waals surface area contributed by atoms with E-state index < -0.39 is 0 Å². The van der Waals surface area contributed by atoms with Gasteiger partial charge in [0.15, 0.2) is 5.82 Å². The molecule has 3 rings (SSSR count). The van der Waals surface area contributed by atoms with Crippen LogP contribution < -0.4 is 4.74 Å². The quantitative estimate of drug-likeness (QED) is 0.697. The second kappa shape index (κ2) is 7.38. The lowest BCUT2D eigenvalue weighted by atomic mass is 10.2. The Morgan fingerprint density at radius 3 is 2.91 bits per heavy atom. The van der Waals surface area contributed by atoms with E-state index in [-0.39, 0.29) is 0 Å². The Hall–Kier alpha value is -2.19. The number of rotatable bonds is 7. The van der Waals surface area contributed by atoms with Crippen LogP contribution in [0, 0.1) is 0 Å². The summed E-state index contributed by atoms with van der Waals surface area (Å²) in [6.07, 6.45) is 3.22. The third-order valence-electron chi connectivity index (χ3n) is 3.05. The number of hydrogen-bond donors (Lipinski definition) is 1. The third kappa shape index (κ3) is 4.40. The van der Waals surface area contributed by atoms with Crippen LogP contribution in [0.25, 0.3) is 0 Å². The Morgan fingerprint density at radius 1 is 1.17 bits per heavy atom. The van der Waals surface area contributed by atoms with Crippen molar-refractivity contribution in [1.29, 1.82) is 0 Å². The first-order valence-electron chi connectivity index (χ1n) is 6.90. The number of nitrogens with zero attached hydrogens (tertiary/aromatic N) is 6. The molecule has 0 aliphatic carbocycles. The van der Waals surface area contributed by atoms with Crippen molar-refractivity contribution in [2.45, 2.75) is 19.4 Å². The summed E-state index contributed by atoms with van der Waals surface area (Å²) in [5, 5.41) is 23.0. The van der Waals surface area contributed by atoms with E-state index in [2.05, 4.69) is 30.9 Å². The van der Waals surface area contributed by atoms with Crippen molar-refractivity contribution >= 4 is 23.2 Å². The standard InChI is InChI=1S/C13H13Cl2N7O/c14-9-1-3-11(15)12(7-9)23-6-5-22-8-10(16-21-22)2-4-13-17-19-20-18-13/h1,3,7-8H,2,4-6H2,(H,17,18,19,20). The molecule has 0 spiro atoms. The number of halogens is 2. The average molecular weight is 354 g/mol. The number of aryl methyl sites for hydroxylation is 2. The van der Waals surface area contributed by atoms with Gasteiger partial charge in [-0.1, -0.05) is 33.6 Å². The fourth-order valence-corrected chi connectivity index (χ4v) is 2.26. The molecule has 0 aliphatic rings. The first-order valence-corrected chi connectivity index (χ1v) is 7.65. The first kappa shape index (κ1) is 15.7. The number of tetrazole rings is 1. The molecule has 0 bridgehead atoms. The summed E-state index contributed by atoms with van der Waals surface area (Å²) in [6.45, 7) is 0.964. The highest BCUT2D eigenvalue weighted by Gasteiger charge is 2.06. The third-order valence-corrected chi connectivity index (χ3v) is 3.60. The highest BCUT2D eigenvalue weighted by Crippen LogP contribution is 2.27. The van der Waals surface area contributed by atoms with Gasteiger partial charge in [-0.3, -0.25) is 0 Å². The number of hydrogen-bond acceptors (Lipinski definition) is 6. The molecule has 10 heteroatoms. The summed E-state index contributed by atoms with van der Waals surface area (Å²) in [7, 11) is 0. The zero-order valence-electron chi connectivity index (χ0n) is 12.0. The molecule has 0 radical (unpaired) electrons. The lowest BCUT2D eigenvalue weighted by Gasteiger charge is -2.07. The highest BCUT2D eigenvalue weighted by atomic mass is 35.5. The molecule has 3 aromatic rings.